The van der Waals surface area contributed by atoms with Crippen LogP contribution in [0.4, 0.5) is 299 Å². The highest BCUT2D eigenvalue weighted by Crippen LogP contribution is 2.71. The molecule has 4 rings (SSSR count). The van der Waals surface area contributed by atoms with E-state index < -0.39 is 326 Å². The molecule has 0 radical (unpaired) electrons. The van der Waals surface area contributed by atoms with E-state index in [-0.39, 0.29) is 42.5 Å². The molecule has 1 atom stereocenters. The normalized spacial score (nSPS) is 16.7. The maximum Gasteiger partial charge on any atom is 0.460 e. The van der Waals surface area contributed by atoms with Gasteiger partial charge in [0.1, 0.15) is 0 Å². The van der Waals surface area contributed by atoms with Crippen LogP contribution in [-0.2, 0) is 0 Å². The number of hydrogen-bond donors (Lipinski definition) is 1. The predicted octanol–water partition coefficient (Wildman–Crippen LogP) is 29.9. The molecule has 0 fully saturated rings. The Morgan fingerprint density at radius 1 is 0.191 bits per heavy atom. The van der Waals surface area contributed by atoms with E-state index in [0.29, 0.717) is 70.6 Å². The molecule has 0 heterocycles. The molecule has 0 aromatic heterocycles. The number of nitrogens with two attached hydrogens (primary N) is 1. The van der Waals surface area contributed by atoms with E-state index in [1.54, 1.807) is 0 Å². The monoisotopic (exact) mass is 2290 g/mol. The highest BCUT2D eigenvalue weighted by Gasteiger charge is 3.01. The van der Waals surface area contributed by atoms with Crippen molar-refractivity contribution in [3.05, 3.63) is 60.7 Å². The molecular formula is C68H51F68NSi4. The standard InChI is InChI=1S/C68H51F68NSi4/c1-138(2,20-17-37(69,70)41(77,78)45(85,86)49(93,94)53(101,102)57(109,110)61(117,118)65(125,126)127)26-9-11-30-28(13-15-34(32(30)23-26)139(3,4)21-18-38(71,72)42(79,80)46(87,88)50(95,96)54(103,104)58(111,112)62(119,120)66(128,129)130)29-14-16-35(140(5,6)22-19-39(73,74)43(81,82)47(89,90)51(97,98)55(105,106)59(113,114)63(121,122)67(131,132)133)33-24-27(10-12-31(29)33)141(7,8)25-36(137)40(75,76)44(83,84)48(91,92)52(99,100)56(107,108)60(115,116)64(123,124)68(134,135)136/h9-16,23-24,36H,17-22,25,137H2,1-8H3/t36-/m0/s1. The molecule has 2 N–H and O–H groups in total. The molecular weight excluding hydrogens is 2230 g/mol. The molecule has 73 heteroatoms. The predicted molar refractivity (Wildman–Crippen MR) is 359 cm³/mol. The van der Waals surface area contributed by atoms with E-state index in [1.165, 1.54) is 0 Å². The van der Waals surface area contributed by atoms with E-state index in [0.717, 1.165) is 0 Å². The van der Waals surface area contributed by atoms with Gasteiger partial charge in [0.25, 0.3) is 0 Å². The topological polar surface area (TPSA) is 26.0 Å². The highest BCUT2D eigenvalue weighted by atomic mass is 28.3. The van der Waals surface area contributed by atoms with Gasteiger partial charge >= 0.3 is 191 Å². The number of rotatable bonds is 41. The van der Waals surface area contributed by atoms with Crippen molar-refractivity contribution >= 4 is 74.6 Å². The molecule has 1 nitrogen and oxygen atoms in total. The van der Waals surface area contributed by atoms with Gasteiger partial charge in [0, 0.05) is 19.3 Å². The van der Waals surface area contributed by atoms with Crippen molar-refractivity contribution in [3.63, 3.8) is 0 Å². The zero-order chi connectivity index (χ0) is 113. The molecule has 141 heavy (non-hydrogen) atoms. The van der Waals surface area contributed by atoms with Crippen molar-refractivity contribution in [2.24, 2.45) is 5.73 Å². The maximum absolute atomic E-state index is 15.9. The summed E-state index contributed by atoms with van der Waals surface area (Å²) in [6.45, 7) is 2.82. The Hall–Kier alpha value is -6.53. The van der Waals surface area contributed by atoms with Gasteiger partial charge in [-0.2, -0.15) is 299 Å². The zero-order valence-corrected chi connectivity index (χ0v) is 72.6. The molecule has 820 valence electrons. The lowest BCUT2D eigenvalue weighted by Gasteiger charge is -2.44. The van der Waals surface area contributed by atoms with Crippen molar-refractivity contribution in [2.45, 2.75) is 292 Å². The van der Waals surface area contributed by atoms with Crippen LogP contribution >= 0.6 is 0 Å². The van der Waals surface area contributed by atoms with Crippen molar-refractivity contribution in [2.75, 3.05) is 0 Å². The third kappa shape index (κ3) is 18.1. The van der Waals surface area contributed by atoms with Gasteiger partial charge < -0.3 is 5.73 Å². The van der Waals surface area contributed by atoms with E-state index in [9.17, 15) is 193 Å². The molecule has 4 aromatic carbocycles. The molecule has 0 bridgehead atoms. The fourth-order valence-electron chi connectivity index (χ4n) is 13.3. The van der Waals surface area contributed by atoms with Crippen LogP contribution in [0.3, 0.4) is 0 Å². The summed E-state index contributed by atoms with van der Waals surface area (Å²) >= 11 is 0. The van der Waals surface area contributed by atoms with E-state index >= 15 is 105 Å². The Kier molecular flexibility index (Phi) is 31.3. The first-order chi connectivity index (χ1) is 60.6. The van der Waals surface area contributed by atoms with Gasteiger partial charge in [-0.25, -0.2) is 0 Å². The van der Waals surface area contributed by atoms with Crippen LogP contribution in [0, 0.1) is 0 Å². The average molecular weight is 2290 g/mol. The summed E-state index contributed by atoms with van der Waals surface area (Å²) < 4.78 is 981. The van der Waals surface area contributed by atoms with E-state index in [4.69, 9.17) is 5.73 Å². The summed E-state index contributed by atoms with van der Waals surface area (Å²) in [7, 11) is -21.0. The zero-order valence-electron chi connectivity index (χ0n) is 68.6. The summed E-state index contributed by atoms with van der Waals surface area (Å²) in [6.07, 6.45) is -43.5. The first kappa shape index (κ1) is 127. The van der Waals surface area contributed by atoms with Gasteiger partial charge in [0.15, 0.2) is 0 Å². The molecule has 4 aromatic rings. The van der Waals surface area contributed by atoms with Crippen LogP contribution in [-0.4, -0.2) is 229 Å². The van der Waals surface area contributed by atoms with Crippen molar-refractivity contribution in [3.8, 4) is 11.1 Å². The van der Waals surface area contributed by atoms with Crippen molar-refractivity contribution in [1.29, 1.82) is 0 Å². The van der Waals surface area contributed by atoms with Crippen LogP contribution in [0.1, 0.15) is 19.3 Å². The minimum Gasteiger partial charge on any atom is -0.323 e. The molecule has 0 amide bonds. The molecule has 0 unspecified atom stereocenters. The number of hydrogen-bond acceptors (Lipinski definition) is 1. The first-order valence-electron chi connectivity index (χ1n) is 36.4. The summed E-state index contributed by atoms with van der Waals surface area (Å²) in [4.78, 5) is 0. The minimum atomic E-state index is -9.33. The summed E-state index contributed by atoms with van der Waals surface area (Å²) in [6, 6.07) is -11.3. The van der Waals surface area contributed by atoms with Crippen molar-refractivity contribution < 1.29 is 299 Å². The fraction of sp³-hybridized carbons (Fsp3) is 0.706. The molecule has 0 aliphatic carbocycles. The van der Waals surface area contributed by atoms with Crippen molar-refractivity contribution in [1.82, 2.24) is 0 Å². The van der Waals surface area contributed by atoms with Crippen LogP contribution in [0.5, 0.6) is 0 Å². The lowest BCUT2D eigenvalue weighted by molar-refractivity contribution is -0.462. The average Bonchev–Trinajstić information content (AvgIpc) is 0.675. The Balaban J connectivity index is 2.30. The third-order valence-corrected chi connectivity index (χ3v) is 36.3. The second-order valence-corrected chi connectivity index (χ2v) is 53.4. The first-order valence-corrected chi connectivity index (χ1v) is 49.2. The van der Waals surface area contributed by atoms with Gasteiger partial charge in [-0.1, -0.05) is 134 Å². The van der Waals surface area contributed by atoms with Gasteiger partial charge in [-0.05, 0) is 56.8 Å². The maximum atomic E-state index is 15.9. The molecule has 0 saturated carbocycles. The van der Waals surface area contributed by atoms with Crippen LogP contribution in [0.25, 0.3) is 32.7 Å². The van der Waals surface area contributed by atoms with Gasteiger partial charge in [0.05, 0.1) is 38.3 Å². The highest BCUT2D eigenvalue weighted by molar-refractivity contribution is 6.93. The number of halogens is 68. The number of fused-ring (bicyclic) bond motifs is 2. The van der Waals surface area contributed by atoms with Crippen LogP contribution in [0.2, 0.25) is 76.6 Å². The quantitative estimate of drug-likeness (QED) is 0.0348. The lowest BCUT2D eigenvalue weighted by Crippen LogP contribution is -2.75. The van der Waals surface area contributed by atoms with Gasteiger partial charge in [-0.15, -0.1) is 0 Å². The Morgan fingerprint density at radius 2 is 0.362 bits per heavy atom. The van der Waals surface area contributed by atoms with E-state index in [2.05, 4.69) is 0 Å². The molecule has 0 spiro atoms. The second kappa shape index (κ2) is 34.8. The summed E-state index contributed by atoms with van der Waals surface area (Å²) in [5.74, 6) is -246. The summed E-state index contributed by atoms with van der Waals surface area (Å²) in [5, 5.41) is -9.14. The molecule has 0 saturated heterocycles. The third-order valence-electron chi connectivity index (χ3n) is 22.8. The number of alkyl halides is 68. The van der Waals surface area contributed by atoms with Crippen LogP contribution < -0.4 is 26.5 Å². The Morgan fingerprint density at radius 3 is 0.560 bits per heavy atom. The van der Waals surface area contributed by atoms with Crippen LogP contribution in [0.15, 0.2) is 60.7 Å². The Labute approximate surface area is 741 Å². The smallest absolute Gasteiger partial charge is 0.323 e. The molecule has 0 aliphatic rings. The largest absolute Gasteiger partial charge is 0.460 e. The number of benzene rings is 4. The fourth-order valence-corrected chi connectivity index (χ4v) is 23.6. The summed E-state index contributed by atoms with van der Waals surface area (Å²) in [5.41, 5.74) is 2.94. The minimum absolute atomic E-state index is 0.174. The Bertz CT molecular complexity index is 5170. The SMILES string of the molecule is C[Si](C)(CCC(F)(F)C(F)(F)C(F)(F)C(F)(F)C(F)(F)C(F)(F)C(F)(F)C(F)(F)F)c1ccc2c(-c3ccc([Si](C)(C)CCC(F)(F)C(F)(F)C(F)(F)C(F)(F)C(F)(F)C(F)(F)C(F)(F)C(F)(F)F)c4cc([Si](C)(C)C[C@H](N)C(F)(F)C(F)(F)C(F)(F)C(F)(F)C(F)(F)C(F)(F)C(F)(F)C(F)(F)F)ccc34)ccc([Si](C)(C)CCC(F)(F)C(F)(F)C(F)(F)C(F)(F)C(F)(F)C(F)(F)C(F)(F)C(F)(F)F)c2c1. The van der Waals surface area contributed by atoms with Gasteiger partial charge in [0.2, 0.25) is 0 Å². The van der Waals surface area contributed by atoms with E-state index in [1.807, 2.05) is 0 Å². The lowest BCUT2D eigenvalue weighted by atomic mass is 9.87. The molecule has 0 aliphatic heterocycles. The second-order valence-electron chi connectivity index (χ2n) is 34.2. The van der Waals surface area contributed by atoms with Gasteiger partial charge in [-0.3, -0.25) is 0 Å².